The Kier molecular flexibility index (Phi) is 52.1. The normalized spacial score (nSPS) is 13.3. The van der Waals surface area contributed by atoms with Crippen molar-refractivity contribution in [2.24, 2.45) is 0 Å². The lowest BCUT2D eigenvalue weighted by Crippen LogP contribution is -2.30. The zero-order valence-electron chi connectivity index (χ0n) is 44.0. The Morgan fingerprint density at radius 1 is 0.304 bits per heavy atom. The molecule has 0 aliphatic carbocycles. The van der Waals surface area contributed by atoms with Crippen LogP contribution in [0, 0.1) is 0 Å². The van der Waals surface area contributed by atoms with Crippen LogP contribution < -0.4 is 0 Å². The number of hydrogen-bond acceptors (Lipinski definition) is 6. The second-order valence-corrected chi connectivity index (χ2v) is 17.4. The second-order valence-electron chi connectivity index (χ2n) is 17.4. The molecule has 0 heterocycles. The van der Waals surface area contributed by atoms with Gasteiger partial charge in [0.1, 0.15) is 13.2 Å². The summed E-state index contributed by atoms with van der Waals surface area (Å²) in [7, 11) is 0. The van der Waals surface area contributed by atoms with Gasteiger partial charge in [-0.05, 0) is 122 Å². The van der Waals surface area contributed by atoms with Crippen LogP contribution in [0.15, 0.2) is 146 Å². The Morgan fingerprint density at radius 2 is 0.565 bits per heavy atom. The zero-order chi connectivity index (χ0) is 50.0. The molecule has 1 atom stereocenters. The maximum Gasteiger partial charge on any atom is 0.306 e. The van der Waals surface area contributed by atoms with Crippen LogP contribution >= 0.6 is 0 Å². The van der Waals surface area contributed by atoms with Gasteiger partial charge in [-0.3, -0.25) is 14.4 Å². The molecule has 0 fully saturated rings. The fourth-order valence-corrected chi connectivity index (χ4v) is 6.80. The summed E-state index contributed by atoms with van der Waals surface area (Å²) in [6.07, 6.45) is 80.0. The monoisotopic (exact) mass is 951 g/mol. The fraction of sp³-hybridized carbons (Fsp3) is 0.571. The molecular formula is C63H98O6. The average molecular weight is 951 g/mol. The molecule has 0 aliphatic heterocycles. The van der Waals surface area contributed by atoms with E-state index in [1.165, 1.54) is 25.7 Å². The van der Waals surface area contributed by atoms with E-state index in [1.807, 2.05) is 0 Å². The van der Waals surface area contributed by atoms with Crippen LogP contribution in [0.4, 0.5) is 0 Å². The van der Waals surface area contributed by atoms with Gasteiger partial charge in [0, 0.05) is 19.3 Å². The van der Waals surface area contributed by atoms with Crippen molar-refractivity contribution in [3.8, 4) is 0 Å². The molecule has 0 rings (SSSR count). The van der Waals surface area contributed by atoms with E-state index >= 15 is 0 Å². The Labute approximate surface area is 423 Å². The molecular weight excluding hydrogens is 853 g/mol. The van der Waals surface area contributed by atoms with Gasteiger partial charge >= 0.3 is 17.9 Å². The van der Waals surface area contributed by atoms with Crippen LogP contribution in [-0.2, 0) is 28.6 Å². The van der Waals surface area contributed by atoms with E-state index in [4.69, 9.17) is 14.2 Å². The molecule has 0 saturated carbocycles. The molecule has 0 aromatic heterocycles. The van der Waals surface area contributed by atoms with Crippen molar-refractivity contribution in [1.29, 1.82) is 0 Å². The van der Waals surface area contributed by atoms with Crippen LogP contribution in [0.3, 0.4) is 0 Å². The Bertz CT molecular complexity index is 1560. The highest BCUT2D eigenvalue weighted by atomic mass is 16.6. The van der Waals surface area contributed by atoms with Crippen molar-refractivity contribution in [3.63, 3.8) is 0 Å². The Balaban J connectivity index is 4.31. The summed E-state index contributed by atoms with van der Waals surface area (Å²) in [5.41, 5.74) is 0. The van der Waals surface area contributed by atoms with Crippen LogP contribution in [0.5, 0.6) is 0 Å². The molecule has 0 bridgehead atoms. The molecule has 69 heavy (non-hydrogen) atoms. The molecule has 0 spiro atoms. The molecule has 6 heteroatoms. The largest absolute Gasteiger partial charge is 0.462 e. The number of hydrogen-bond donors (Lipinski definition) is 0. The third-order valence-electron chi connectivity index (χ3n) is 10.8. The zero-order valence-corrected chi connectivity index (χ0v) is 44.0. The molecule has 0 N–H and O–H groups in total. The average Bonchev–Trinajstić information content (AvgIpc) is 3.35. The third-order valence-corrected chi connectivity index (χ3v) is 10.8. The minimum atomic E-state index is -0.813. The summed E-state index contributed by atoms with van der Waals surface area (Å²) >= 11 is 0. The first-order valence-corrected chi connectivity index (χ1v) is 27.3. The van der Waals surface area contributed by atoms with E-state index in [1.54, 1.807) is 0 Å². The van der Waals surface area contributed by atoms with Gasteiger partial charge in [0.25, 0.3) is 0 Å². The first-order chi connectivity index (χ1) is 34.0. The van der Waals surface area contributed by atoms with Gasteiger partial charge in [0.05, 0.1) is 0 Å². The minimum absolute atomic E-state index is 0.108. The maximum atomic E-state index is 12.8. The summed E-state index contributed by atoms with van der Waals surface area (Å²) in [6.45, 7) is 6.28. The molecule has 0 aliphatic rings. The van der Waals surface area contributed by atoms with Crippen molar-refractivity contribution < 1.29 is 28.6 Å². The predicted molar refractivity (Wildman–Crippen MR) is 297 cm³/mol. The number of unbranched alkanes of at least 4 members (excludes halogenated alkanes) is 12. The highest BCUT2D eigenvalue weighted by Gasteiger charge is 2.19. The second kappa shape index (κ2) is 55.9. The summed E-state index contributed by atoms with van der Waals surface area (Å²) in [5, 5.41) is 0. The molecule has 0 amide bonds. The van der Waals surface area contributed by atoms with E-state index in [9.17, 15) is 14.4 Å². The fourth-order valence-electron chi connectivity index (χ4n) is 6.80. The number of allylic oxidation sites excluding steroid dienone is 24. The Hall–Kier alpha value is -4.71. The number of carbonyl (C=O) groups excluding carboxylic acids is 3. The summed E-state index contributed by atoms with van der Waals surface area (Å²) in [4.78, 5) is 37.8. The highest BCUT2D eigenvalue weighted by Crippen LogP contribution is 2.12. The van der Waals surface area contributed by atoms with Crippen molar-refractivity contribution >= 4 is 17.9 Å². The predicted octanol–water partition coefficient (Wildman–Crippen LogP) is 18.4. The smallest absolute Gasteiger partial charge is 0.306 e. The summed E-state index contributed by atoms with van der Waals surface area (Å²) in [5.74, 6) is -0.994. The number of ether oxygens (including phenoxy) is 3. The molecule has 0 aromatic rings. The summed E-state index contributed by atoms with van der Waals surface area (Å²) < 4.78 is 16.7. The Morgan fingerprint density at radius 3 is 0.913 bits per heavy atom. The van der Waals surface area contributed by atoms with Gasteiger partial charge in [0.2, 0.25) is 0 Å². The SMILES string of the molecule is CC/C=C\C/C=C\C/C=C\C/C=C\C/C=C\C/C=C\C/C=C\C/C=C\CCCCCCC(=O)OCC(COC(=O)CCCCCCCCC)OC(=O)CCCC/C=C\C/C=C\C/C=C\C/C=C\CC. The lowest BCUT2D eigenvalue weighted by molar-refractivity contribution is -0.167. The lowest BCUT2D eigenvalue weighted by atomic mass is 10.1. The first-order valence-electron chi connectivity index (χ1n) is 27.3. The number of rotatable bonds is 47. The number of carbonyl (C=O) groups is 3. The molecule has 6 nitrogen and oxygen atoms in total. The third kappa shape index (κ3) is 54.1. The highest BCUT2D eigenvalue weighted by molar-refractivity contribution is 5.71. The topological polar surface area (TPSA) is 78.9 Å². The van der Waals surface area contributed by atoms with Gasteiger partial charge in [-0.25, -0.2) is 0 Å². The van der Waals surface area contributed by atoms with E-state index < -0.39 is 6.10 Å². The van der Waals surface area contributed by atoms with Crippen LogP contribution in [-0.4, -0.2) is 37.2 Å². The van der Waals surface area contributed by atoms with Crippen LogP contribution in [0.1, 0.15) is 213 Å². The first kappa shape index (κ1) is 64.3. The van der Waals surface area contributed by atoms with Crippen molar-refractivity contribution in [2.45, 2.75) is 219 Å². The molecule has 1 unspecified atom stereocenters. The van der Waals surface area contributed by atoms with Gasteiger partial charge in [0.15, 0.2) is 6.10 Å². The van der Waals surface area contributed by atoms with Gasteiger partial charge < -0.3 is 14.2 Å². The minimum Gasteiger partial charge on any atom is -0.462 e. The van der Waals surface area contributed by atoms with Gasteiger partial charge in [-0.1, -0.05) is 218 Å². The van der Waals surface area contributed by atoms with E-state index in [2.05, 4.69) is 167 Å². The molecule has 0 radical (unpaired) electrons. The van der Waals surface area contributed by atoms with Gasteiger partial charge in [-0.15, -0.1) is 0 Å². The van der Waals surface area contributed by atoms with E-state index in [-0.39, 0.29) is 37.5 Å². The van der Waals surface area contributed by atoms with Crippen LogP contribution in [0.25, 0.3) is 0 Å². The van der Waals surface area contributed by atoms with Gasteiger partial charge in [-0.2, -0.15) is 0 Å². The van der Waals surface area contributed by atoms with Crippen LogP contribution in [0.2, 0.25) is 0 Å². The quantitative estimate of drug-likeness (QED) is 0.0262. The molecule has 0 aromatic carbocycles. The molecule has 386 valence electrons. The standard InChI is InChI=1S/C63H98O6/c1-4-7-10-13-16-18-20-22-24-25-26-27-28-29-30-31-32-33-34-35-36-37-39-40-42-44-47-50-53-56-62(65)68-59-60(58-67-61(64)55-52-49-46-15-12-9-6-3)69-63(66)57-54-51-48-45-43-41-38-23-21-19-17-14-11-8-5-2/h7-8,10-11,16-19,22-24,26-27,29-30,32-33,35-36,38-40,43,45,60H,4-6,9,12-15,20-21,25,28,31,34,37,41-42,44,46-59H2,1-3H3/b10-7-,11-8-,18-16-,19-17-,24-22-,27-26-,30-29-,33-32-,36-35-,38-23-,40-39-,45-43-. The lowest BCUT2D eigenvalue weighted by Gasteiger charge is -2.18. The molecule has 0 saturated heterocycles. The maximum absolute atomic E-state index is 12.8. The van der Waals surface area contributed by atoms with Crippen molar-refractivity contribution in [2.75, 3.05) is 13.2 Å². The number of esters is 3. The van der Waals surface area contributed by atoms with Crippen molar-refractivity contribution in [3.05, 3.63) is 146 Å². The summed E-state index contributed by atoms with van der Waals surface area (Å²) in [6, 6.07) is 0. The van der Waals surface area contributed by atoms with Crippen molar-refractivity contribution in [1.82, 2.24) is 0 Å². The van der Waals surface area contributed by atoms with E-state index in [0.29, 0.717) is 19.3 Å². The van der Waals surface area contributed by atoms with E-state index in [0.717, 1.165) is 141 Å².